The summed E-state index contributed by atoms with van der Waals surface area (Å²) in [5.74, 6) is 1.79. The Balaban J connectivity index is 1.54. The van der Waals surface area contributed by atoms with E-state index in [-0.39, 0.29) is 11.2 Å². The van der Waals surface area contributed by atoms with Crippen LogP contribution in [-0.2, 0) is 24.7 Å². The molecule has 1 aliphatic carbocycles. The fourth-order valence-electron chi connectivity index (χ4n) is 4.16. The van der Waals surface area contributed by atoms with Crippen molar-refractivity contribution in [2.45, 2.75) is 69.7 Å². The number of hydrogen-bond acceptors (Lipinski definition) is 5. The summed E-state index contributed by atoms with van der Waals surface area (Å²) >= 11 is 3.42. The van der Waals surface area contributed by atoms with Crippen molar-refractivity contribution in [2.24, 2.45) is 18.4 Å². The van der Waals surface area contributed by atoms with Gasteiger partial charge in [-0.2, -0.15) is 0 Å². The van der Waals surface area contributed by atoms with Gasteiger partial charge in [-0.05, 0) is 55.1 Å². The molecule has 0 unspecified atom stereocenters. The van der Waals surface area contributed by atoms with Crippen LogP contribution in [0.25, 0.3) is 10.7 Å². The normalized spacial score (nSPS) is 23.2. The van der Waals surface area contributed by atoms with Crippen molar-refractivity contribution in [3.05, 3.63) is 16.5 Å². The van der Waals surface area contributed by atoms with Crippen molar-refractivity contribution >= 4 is 29.0 Å². The summed E-state index contributed by atoms with van der Waals surface area (Å²) in [7, 11) is 2.02. The largest absolute Gasteiger partial charge is 0.355 e. The first-order chi connectivity index (χ1) is 13.3. The number of carbonyl (C=O) groups excluding carboxylic acids is 1. The lowest BCUT2D eigenvalue weighted by Crippen LogP contribution is -2.30. The van der Waals surface area contributed by atoms with E-state index in [1.165, 1.54) is 28.2 Å². The number of thiophene rings is 1. The molecule has 1 saturated heterocycles. The molecule has 1 fully saturated rings. The Hall–Kier alpha value is -1.34. The van der Waals surface area contributed by atoms with Crippen LogP contribution in [-0.4, -0.2) is 32.5 Å². The van der Waals surface area contributed by atoms with Crippen molar-refractivity contribution in [1.29, 1.82) is 0 Å². The first kappa shape index (κ1) is 20.0. The molecule has 4 rings (SSSR count). The third-order valence-electron chi connectivity index (χ3n) is 6.10. The second-order valence-electron chi connectivity index (χ2n) is 9.12. The highest BCUT2D eigenvalue weighted by Gasteiger charge is 2.31. The summed E-state index contributed by atoms with van der Waals surface area (Å²) < 4.78 is 2.06. The SMILES string of the molecule is Cn1c(S[C@H]2CCCCNC2=O)nnc1-c1cc2c(s1)CC[C@@H](C(C)(C)C)C2. The molecule has 0 aromatic carbocycles. The molecule has 2 aromatic rings. The molecular weight excluding hydrogens is 388 g/mol. The predicted octanol–water partition coefficient (Wildman–Crippen LogP) is 4.46. The fraction of sp³-hybridized carbons (Fsp3) is 0.667. The van der Waals surface area contributed by atoms with Gasteiger partial charge >= 0.3 is 0 Å². The van der Waals surface area contributed by atoms with Crippen LogP contribution in [0, 0.1) is 11.3 Å². The van der Waals surface area contributed by atoms with Crippen LogP contribution in [0.1, 0.15) is 56.9 Å². The predicted molar refractivity (Wildman–Crippen MR) is 116 cm³/mol. The van der Waals surface area contributed by atoms with Gasteiger partial charge in [-0.1, -0.05) is 39.0 Å². The second-order valence-corrected chi connectivity index (χ2v) is 11.4. The zero-order valence-electron chi connectivity index (χ0n) is 17.2. The maximum Gasteiger partial charge on any atom is 0.233 e. The minimum Gasteiger partial charge on any atom is -0.355 e. The number of hydrogen-bond donors (Lipinski definition) is 1. The quantitative estimate of drug-likeness (QED) is 0.800. The molecule has 0 radical (unpaired) electrons. The van der Waals surface area contributed by atoms with E-state index in [2.05, 4.69) is 46.9 Å². The summed E-state index contributed by atoms with van der Waals surface area (Å²) in [4.78, 5) is 15.0. The van der Waals surface area contributed by atoms with Crippen LogP contribution in [0.15, 0.2) is 11.2 Å². The Morgan fingerprint density at radius 1 is 1.25 bits per heavy atom. The first-order valence-corrected chi connectivity index (χ1v) is 12.0. The molecule has 7 heteroatoms. The molecule has 2 aliphatic rings. The molecule has 5 nitrogen and oxygen atoms in total. The third-order valence-corrected chi connectivity index (χ3v) is 8.63. The summed E-state index contributed by atoms with van der Waals surface area (Å²) in [5, 5.41) is 12.7. The maximum atomic E-state index is 12.3. The second kappa shape index (κ2) is 7.82. The standard InChI is InChI=1S/C21H30N4OS2/c1-21(2,3)14-8-9-15-13(11-14)12-17(27-15)18-23-24-20(25(18)4)28-16-7-5-6-10-22-19(16)26/h12,14,16H,5-11H2,1-4H3,(H,22,26)/t14-,16+/m1/s1. The van der Waals surface area contributed by atoms with Crippen LogP contribution in [0.5, 0.6) is 0 Å². The Morgan fingerprint density at radius 3 is 2.86 bits per heavy atom. The number of thioether (sulfide) groups is 1. The Morgan fingerprint density at radius 2 is 2.07 bits per heavy atom. The molecule has 1 N–H and O–H groups in total. The van der Waals surface area contributed by atoms with Gasteiger partial charge in [0.25, 0.3) is 0 Å². The van der Waals surface area contributed by atoms with E-state index in [1.54, 1.807) is 11.8 Å². The molecule has 1 aliphatic heterocycles. The molecule has 1 amide bonds. The summed E-state index contributed by atoms with van der Waals surface area (Å²) in [6.07, 6.45) is 6.64. The molecule has 2 aromatic heterocycles. The number of nitrogens with one attached hydrogen (secondary N) is 1. The van der Waals surface area contributed by atoms with Gasteiger partial charge in [0.15, 0.2) is 11.0 Å². The number of aromatic nitrogens is 3. The zero-order chi connectivity index (χ0) is 19.9. The molecule has 28 heavy (non-hydrogen) atoms. The number of amides is 1. The minimum absolute atomic E-state index is 0.0673. The van der Waals surface area contributed by atoms with Crippen LogP contribution >= 0.6 is 23.1 Å². The number of nitrogens with zero attached hydrogens (tertiary/aromatic N) is 3. The molecule has 3 heterocycles. The average Bonchev–Trinajstić information content (AvgIpc) is 3.15. The van der Waals surface area contributed by atoms with E-state index < -0.39 is 0 Å². The summed E-state index contributed by atoms with van der Waals surface area (Å²) in [6, 6.07) is 2.33. The van der Waals surface area contributed by atoms with Crippen molar-refractivity contribution in [1.82, 2.24) is 20.1 Å². The monoisotopic (exact) mass is 418 g/mol. The van der Waals surface area contributed by atoms with Gasteiger partial charge in [-0.25, -0.2) is 0 Å². The van der Waals surface area contributed by atoms with Gasteiger partial charge in [0.2, 0.25) is 5.91 Å². The van der Waals surface area contributed by atoms with Crippen molar-refractivity contribution in [2.75, 3.05) is 6.54 Å². The topological polar surface area (TPSA) is 59.8 Å². The summed E-state index contributed by atoms with van der Waals surface area (Å²) in [6.45, 7) is 7.85. The summed E-state index contributed by atoms with van der Waals surface area (Å²) in [5.41, 5.74) is 1.85. The van der Waals surface area contributed by atoms with Crippen LogP contribution < -0.4 is 5.32 Å². The van der Waals surface area contributed by atoms with Gasteiger partial charge in [-0.15, -0.1) is 21.5 Å². The Kier molecular flexibility index (Phi) is 5.58. The smallest absolute Gasteiger partial charge is 0.233 e. The Bertz CT molecular complexity index is 864. The highest BCUT2D eigenvalue weighted by molar-refractivity contribution is 8.00. The zero-order valence-corrected chi connectivity index (χ0v) is 18.9. The number of fused-ring (bicyclic) bond motifs is 1. The first-order valence-electron chi connectivity index (χ1n) is 10.3. The average molecular weight is 419 g/mol. The van der Waals surface area contributed by atoms with E-state index in [0.29, 0.717) is 5.41 Å². The van der Waals surface area contributed by atoms with Gasteiger partial charge in [0.05, 0.1) is 10.1 Å². The molecule has 0 spiro atoms. The van der Waals surface area contributed by atoms with Crippen LogP contribution in [0.3, 0.4) is 0 Å². The molecule has 2 atom stereocenters. The highest BCUT2D eigenvalue weighted by atomic mass is 32.2. The van der Waals surface area contributed by atoms with Gasteiger partial charge in [-0.3, -0.25) is 4.79 Å². The fourth-order valence-corrected chi connectivity index (χ4v) is 6.45. The highest BCUT2D eigenvalue weighted by Crippen LogP contribution is 2.42. The van der Waals surface area contributed by atoms with Gasteiger partial charge < -0.3 is 9.88 Å². The van der Waals surface area contributed by atoms with Crippen LogP contribution in [0.2, 0.25) is 0 Å². The van der Waals surface area contributed by atoms with Gasteiger partial charge in [0.1, 0.15) is 0 Å². The molecule has 0 bridgehead atoms. The Labute approximate surface area is 175 Å². The van der Waals surface area contributed by atoms with Crippen LogP contribution in [0.4, 0.5) is 0 Å². The lowest BCUT2D eigenvalue weighted by Gasteiger charge is -2.33. The van der Waals surface area contributed by atoms with Crippen molar-refractivity contribution in [3.63, 3.8) is 0 Å². The van der Waals surface area contributed by atoms with E-state index in [4.69, 9.17) is 0 Å². The number of rotatable bonds is 3. The lowest BCUT2D eigenvalue weighted by molar-refractivity contribution is -0.120. The van der Waals surface area contributed by atoms with Crippen molar-refractivity contribution in [3.8, 4) is 10.7 Å². The van der Waals surface area contributed by atoms with E-state index >= 15 is 0 Å². The van der Waals surface area contributed by atoms with E-state index in [9.17, 15) is 4.79 Å². The molecule has 152 valence electrons. The molecular formula is C21H30N4OS2. The van der Waals surface area contributed by atoms with Gasteiger partial charge in [0, 0.05) is 18.5 Å². The molecule has 0 saturated carbocycles. The third kappa shape index (κ3) is 4.01. The van der Waals surface area contributed by atoms with E-state index in [0.717, 1.165) is 49.1 Å². The maximum absolute atomic E-state index is 12.3. The van der Waals surface area contributed by atoms with Crippen molar-refractivity contribution < 1.29 is 4.79 Å². The minimum atomic E-state index is -0.0673. The number of carbonyl (C=O) groups is 1. The number of aryl methyl sites for hydroxylation is 1. The van der Waals surface area contributed by atoms with E-state index in [1.807, 2.05) is 18.4 Å². The lowest BCUT2D eigenvalue weighted by atomic mass is 9.72.